The van der Waals surface area contributed by atoms with Crippen LogP contribution in [0.4, 0.5) is 0 Å². The van der Waals surface area contributed by atoms with Crippen molar-refractivity contribution in [1.82, 2.24) is 15.0 Å². The zero-order valence-electron chi connectivity index (χ0n) is 23.8. The van der Waals surface area contributed by atoms with E-state index in [0.29, 0.717) is 17.5 Å². The highest BCUT2D eigenvalue weighted by Gasteiger charge is 2.16. The molecule has 0 fully saturated rings. The van der Waals surface area contributed by atoms with Gasteiger partial charge in [0.25, 0.3) is 0 Å². The highest BCUT2D eigenvalue weighted by Crippen LogP contribution is 2.36. The van der Waals surface area contributed by atoms with Gasteiger partial charge in [-0.15, -0.1) is 0 Å². The summed E-state index contributed by atoms with van der Waals surface area (Å²) in [7, 11) is 0. The van der Waals surface area contributed by atoms with E-state index in [1.165, 1.54) is 37.7 Å². The molecule has 0 aliphatic rings. The zero-order valence-corrected chi connectivity index (χ0v) is 23.8. The lowest BCUT2D eigenvalue weighted by Gasteiger charge is -2.13. The maximum absolute atomic E-state index is 5.14. The Morgan fingerprint density at radius 3 is 1.52 bits per heavy atom. The van der Waals surface area contributed by atoms with Crippen molar-refractivity contribution in [3.8, 4) is 34.2 Å². The van der Waals surface area contributed by atoms with Crippen LogP contribution in [-0.2, 0) is 0 Å². The predicted molar refractivity (Wildman–Crippen MR) is 184 cm³/mol. The Kier molecular flexibility index (Phi) is 5.50. The van der Waals surface area contributed by atoms with Crippen LogP contribution in [0.15, 0.2) is 152 Å². The minimum Gasteiger partial charge on any atom is -0.208 e. The van der Waals surface area contributed by atoms with E-state index in [0.717, 1.165) is 32.8 Å². The van der Waals surface area contributed by atoms with Crippen molar-refractivity contribution < 1.29 is 0 Å². The molecule has 3 nitrogen and oxygen atoms in total. The van der Waals surface area contributed by atoms with E-state index < -0.39 is 0 Å². The quantitative estimate of drug-likeness (QED) is 0.202. The fourth-order valence-electron chi connectivity index (χ4n) is 6.55. The lowest BCUT2D eigenvalue weighted by Crippen LogP contribution is -2.00. The fraction of sp³-hybridized carbons (Fsp3) is 0. The van der Waals surface area contributed by atoms with Crippen LogP contribution in [0, 0.1) is 0 Å². The minimum atomic E-state index is 0.659. The summed E-state index contributed by atoms with van der Waals surface area (Å²) in [5, 5.41) is 12.1. The van der Waals surface area contributed by atoms with Crippen molar-refractivity contribution in [2.75, 3.05) is 0 Å². The first-order chi connectivity index (χ1) is 21.8. The summed E-state index contributed by atoms with van der Waals surface area (Å²) in [6.45, 7) is 0. The van der Waals surface area contributed by atoms with Crippen LogP contribution in [0.3, 0.4) is 0 Å². The SMILES string of the molecule is c1ccc(-c2nc(-c3ccc4c(ccc5c6ccccc6ccc45)c3)nc(-c3cc4ccccc4c4ccccc34)n2)cc1. The van der Waals surface area contributed by atoms with Crippen molar-refractivity contribution in [3.63, 3.8) is 0 Å². The van der Waals surface area contributed by atoms with Gasteiger partial charge < -0.3 is 0 Å². The monoisotopic (exact) mass is 559 g/mol. The Morgan fingerprint density at radius 2 is 0.750 bits per heavy atom. The van der Waals surface area contributed by atoms with Gasteiger partial charge in [0.1, 0.15) is 0 Å². The highest BCUT2D eigenvalue weighted by molar-refractivity contribution is 6.17. The van der Waals surface area contributed by atoms with Gasteiger partial charge >= 0.3 is 0 Å². The summed E-state index contributed by atoms with van der Waals surface area (Å²) in [5.41, 5.74) is 2.92. The Labute approximate surface area is 254 Å². The zero-order chi connectivity index (χ0) is 29.0. The molecule has 204 valence electrons. The number of fused-ring (bicyclic) bond motifs is 8. The number of rotatable bonds is 3. The van der Waals surface area contributed by atoms with E-state index >= 15 is 0 Å². The van der Waals surface area contributed by atoms with Gasteiger partial charge in [-0.3, -0.25) is 0 Å². The average Bonchev–Trinajstić information content (AvgIpc) is 3.11. The molecule has 0 atom stereocenters. The van der Waals surface area contributed by atoms with E-state index in [1.807, 2.05) is 18.2 Å². The molecule has 0 radical (unpaired) electrons. The molecule has 0 unspecified atom stereocenters. The molecule has 0 saturated carbocycles. The van der Waals surface area contributed by atoms with Gasteiger partial charge in [-0.2, -0.15) is 0 Å². The normalized spacial score (nSPS) is 11.6. The molecular weight excluding hydrogens is 534 g/mol. The molecule has 0 bridgehead atoms. The molecule has 0 amide bonds. The standard InChI is InChI=1S/C41H25N3/c1-2-11-27(12-3-1)39-42-40(44-41(43-39)38-25-28-13-5-7-15-32(28)34-16-8-9-17-35(34)38)30-20-21-33-29(24-30)19-23-36-31-14-6-4-10-26(31)18-22-37(33)36/h1-25H. The molecule has 1 heterocycles. The number of aromatic nitrogens is 3. The molecule has 8 aromatic carbocycles. The predicted octanol–water partition coefficient (Wildman–Crippen LogP) is 10.6. The minimum absolute atomic E-state index is 0.659. The average molecular weight is 560 g/mol. The number of hydrogen-bond acceptors (Lipinski definition) is 3. The van der Waals surface area contributed by atoms with Crippen molar-refractivity contribution in [2.45, 2.75) is 0 Å². The Hall–Kier alpha value is -5.93. The van der Waals surface area contributed by atoms with Crippen LogP contribution in [0.25, 0.3) is 88.0 Å². The van der Waals surface area contributed by atoms with Crippen LogP contribution in [0.1, 0.15) is 0 Å². The van der Waals surface area contributed by atoms with Crippen molar-refractivity contribution in [3.05, 3.63) is 152 Å². The second kappa shape index (κ2) is 9.82. The summed E-state index contributed by atoms with van der Waals surface area (Å²) in [6, 6.07) is 53.4. The maximum Gasteiger partial charge on any atom is 0.164 e. The smallest absolute Gasteiger partial charge is 0.164 e. The summed E-state index contributed by atoms with van der Waals surface area (Å²) in [6.07, 6.45) is 0. The third-order valence-corrected chi connectivity index (χ3v) is 8.68. The van der Waals surface area contributed by atoms with E-state index in [4.69, 9.17) is 15.0 Å². The van der Waals surface area contributed by atoms with Gasteiger partial charge in [-0.25, -0.2) is 15.0 Å². The molecular formula is C41H25N3. The van der Waals surface area contributed by atoms with Crippen LogP contribution in [0.2, 0.25) is 0 Å². The Bertz CT molecular complexity index is 2550. The summed E-state index contributed by atoms with van der Waals surface area (Å²) in [4.78, 5) is 15.2. The van der Waals surface area contributed by atoms with Gasteiger partial charge in [0.05, 0.1) is 0 Å². The van der Waals surface area contributed by atoms with Gasteiger partial charge in [0, 0.05) is 16.7 Å². The topological polar surface area (TPSA) is 38.7 Å². The van der Waals surface area contributed by atoms with E-state index in [1.54, 1.807) is 0 Å². The highest BCUT2D eigenvalue weighted by atomic mass is 15.0. The molecule has 1 aromatic heterocycles. The first-order valence-electron chi connectivity index (χ1n) is 14.9. The fourth-order valence-corrected chi connectivity index (χ4v) is 6.55. The molecule has 3 heteroatoms. The van der Waals surface area contributed by atoms with E-state index in [9.17, 15) is 0 Å². The van der Waals surface area contributed by atoms with Crippen molar-refractivity contribution >= 4 is 53.9 Å². The second-order valence-electron chi connectivity index (χ2n) is 11.2. The molecule has 44 heavy (non-hydrogen) atoms. The molecule has 0 spiro atoms. The second-order valence-corrected chi connectivity index (χ2v) is 11.2. The largest absolute Gasteiger partial charge is 0.208 e. The van der Waals surface area contributed by atoms with Gasteiger partial charge in [0.2, 0.25) is 0 Å². The first kappa shape index (κ1) is 24.6. The van der Waals surface area contributed by atoms with Gasteiger partial charge in [-0.1, -0.05) is 140 Å². The lowest BCUT2D eigenvalue weighted by atomic mass is 9.96. The van der Waals surface area contributed by atoms with E-state index in [2.05, 4.69) is 133 Å². The van der Waals surface area contributed by atoms with Crippen LogP contribution in [-0.4, -0.2) is 15.0 Å². The van der Waals surface area contributed by atoms with Crippen molar-refractivity contribution in [2.24, 2.45) is 0 Å². The van der Waals surface area contributed by atoms with Crippen molar-refractivity contribution in [1.29, 1.82) is 0 Å². The molecule has 0 aliphatic heterocycles. The summed E-state index contributed by atoms with van der Waals surface area (Å²) < 4.78 is 0. The Balaban J connectivity index is 1.28. The van der Waals surface area contributed by atoms with Gasteiger partial charge in [0.15, 0.2) is 17.5 Å². The van der Waals surface area contributed by atoms with Crippen LogP contribution in [0.5, 0.6) is 0 Å². The number of nitrogens with zero attached hydrogens (tertiary/aromatic N) is 3. The first-order valence-corrected chi connectivity index (χ1v) is 14.9. The molecule has 0 N–H and O–H groups in total. The molecule has 9 aromatic rings. The number of hydrogen-bond donors (Lipinski definition) is 0. The maximum atomic E-state index is 5.14. The third kappa shape index (κ3) is 3.94. The van der Waals surface area contributed by atoms with Crippen LogP contribution >= 0.6 is 0 Å². The van der Waals surface area contributed by atoms with Crippen LogP contribution < -0.4 is 0 Å². The lowest BCUT2D eigenvalue weighted by molar-refractivity contribution is 1.08. The molecule has 0 aliphatic carbocycles. The third-order valence-electron chi connectivity index (χ3n) is 8.68. The van der Waals surface area contributed by atoms with E-state index in [-0.39, 0.29) is 0 Å². The Morgan fingerprint density at radius 1 is 0.273 bits per heavy atom. The summed E-state index contributed by atoms with van der Waals surface area (Å²) >= 11 is 0. The van der Waals surface area contributed by atoms with Gasteiger partial charge in [-0.05, 0) is 66.0 Å². The summed E-state index contributed by atoms with van der Waals surface area (Å²) in [5.74, 6) is 1.99. The molecule has 9 rings (SSSR count). The number of benzene rings is 8. The molecule has 0 saturated heterocycles.